The molecular formula is C26H32N2O4. The van der Waals surface area contributed by atoms with Crippen LogP contribution in [0.25, 0.3) is 0 Å². The predicted molar refractivity (Wildman–Crippen MR) is 130 cm³/mol. The van der Waals surface area contributed by atoms with Crippen LogP contribution in [0.5, 0.6) is 17.2 Å². The van der Waals surface area contributed by atoms with Gasteiger partial charge in [0.05, 0.1) is 13.7 Å². The fraction of sp³-hybridized carbons (Fsp3) is 0.308. The fourth-order valence-electron chi connectivity index (χ4n) is 2.93. The SMILES string of the molecule is C=C/C=C/C(=O)Nc1ccc2c(c1)OCCO2.CC=NCc1cc(C(C)C)ccc1OC. The molecule has 1 N–H and O–H groups in total. The second kappa shape index (κ2) is 13.0. The van der Waals surface area contributed by atoms with Crippen LogP contribution in [0.2, 0.25) is 0 Å². The van der Waals surface area contributed by atoms with Gasteiger partial charge in [-0.25, -0.2) is 0 Å². The van der Waals surface area contributed by atoms with Gasteiger partial charge in [0.15, 0.2) is 11.5 Å². The van der Waals surface area contributed by atoms with Crippen LogP contribution in [0.15, 0.2) is 66.2 Å². The van der Waals surface area contributed by atoms with Gasteiger partial charge < -0.3 is 19.5 Å². The Labute approximate surface area is 190 Å². The molecule has 6 heteroatoms. The van der Waals surface area contributed by atoms with Gasteiger partial charge in [0.25, 0.3) is 0 Å². The molecule has 0 atom stereocenters. The van der Waals surface area contributed by atoms with Gasteiger partial charge in [0.1, 0.15) is 19.0 Å². The number of hydrogen-bond acceptors (Lipinski definition) is 5. The van der Waals surface area contributed by atoms with Crippen molar-refractivity contribution in [1.82, 2.24) is 0 Å². The number of methoxy groups -OCH3 is 1. The highest BCUT2D eigenvalue weighted by molar-refractivity contribution is 5.99. The zero-order chi connectivity index (χ0) is 23.3. The zero-order valence-electron chi connectivity index (χ0n) is 19.3. The van der Waals surface area contributed by atoms with Gasteiger partial charge in [0, 0.05) is 23.4 Å². The van der Waals surface area contributed by atoms with Crippen molar-refractivity contribution in [2.75, 3.05) is 25.6 Å². The first-order valence-corrected chi connectivity index (χ1v) is 10.6. The van der Waals surface area contributed by atoms with E-state index in [-0.39, 0.29) is 5.91 Å². The molecule has 0 aromatic heterocycles. The van der Waals surface area contributed by atoms with Crippen molar-refractivity contribution < 1.29 is 19.0 Å². The van der Waals surface area contributed by atoms with Crippen LogP contribution >= 0.6 is 0 Å². The van der Waals surface area contributed by atoms with E-state index >= 15 is 0 Å². The van der Waals surface area contributed by atoms with E-state index in [1.807, 2.05) is 19.2 Å². The summed E-state index contributed by atoms with van der Waals surface area (Å²) in [5.74, 6) is 2.62. The van der Waals surface area contributed by atoms with Gasteiger partial charge in [-0.3, -0.25) is 9.79 Å². The summed E-state index contributed by atoms with van der Waals surface area (Å²) in [5.41, 5.74) is 3.16. The molecule has 6 nitrogen and oxygen atoms in total. The Kier molecular flexibility index (Phi) is 10.0. The summed E-state index contributed by atoms with van der Waals surface area (Å²) in [7, 11) is 1.70. The number of hydrogen-bond donors (Lipinski definition) is 1. The van der Waals surface area contributed by atoms with Crippen LogP contribution in [0, 0.1) is 0 Å². The van der Waals surface area contributed by atoms with E-state index in [9.17, 15) is 4.79 Å². The second-order valence-electron chi connectivity index (χ2n) is 7.27. The van der Waals surface area contributed by atoms with Crippen molar-refractivity contribution in [3.05, 3.63) is 72.3 Å². The first-order chi connectivity index (χ1) is 15.5. The van der Waals surface area contributed by atoms with Crippen LogP contribution in [0.3, 0.4) is 0 Å². The van der Waals surface area contributed by atoms with Crippen molar-refractivity contribution in [2.45, 2.75) is 33.2 Å². The van der Waals surface area contributed by atoms with Crippen molar-refractivity contribution in [3.8, 4) is 17.2 Å². The normalized spacial score (nSPS) is 12.4. The number of fused-ring (bicyclic) bond motifs is 1. The molecule has 1 aliphatic heterocycles. The first-order valence-electron chi connectivity index (χ1n) is 10.6. The molecule has 0 fully saturated rings. The highest BCUT2D eigenvalue weighted by Crippen LogP contribution is 2.32. The van der Waals surface area contributed by atoms with E-state index in [0.29, 0.717) is 42.9 Å². The lowest BCUT2D eigenvalue weighted by Crippen LogP contribution is -2.16. The summed E-state index contributed by atoms with van der Waals surface area (Å²) in [4.78, 5) is 15.7. The van der Waals surface area contributed by atoms with Gasteiger partial charge in [-0.1, -0.05) is 38.6 Å². The van der Waals surface area contributed by atoms with Crippen LogP contribution in [-0.4, -0.2) is 32.4 Å². The average molecular weight is 437 g/mol. The first kappa shape index (κ1) is 24.7. The molecule has 0 saturated heterocycles. The minimum absolute atomic E-state index is 0.207. The number of aliphatic imine (C=N–C) groups is 1. The Balaban J connectivity index is 0.000000229. The molecule has 2 aromatic carbocycles. The Morgan fingerprint density at radius 2 is 1.94 bits per heavy atom. The molecule has 32 heavy (non-hydrogen) atoms. The molecule has 0 radical (unpaired) electrons. The largest absolute Gasteiger partial charge is 0.496 e. The molecule has 0 bridgehead atoms. The minimum atomic E-state index is -0.207. The smallest absolute Gasteiger partial charge is 0.248 e. The summed E-state index contributed by atoms with van der Waals surface area (Å²) >= 11 is 0. The highest BCUT2D eigenvalue weighted by atomic mass is 16.6. The van der Waals surface area contributed by atoms with Gasteiger partial charge in [-0.2, -0.15) is 0 Å². The van der Waals surface area contributed by atoms with Gasteiger partial charge in [-0.15, -0.1) is 0 Å². The number of carbonyl (C=O) groups excluding carboxylic acids is 1. The van der Waals surface area contributed by atoms with E-state index in [0.717, 1.165) is 11.3 Å². The van der Waals surface area contributed by atoms with Gasteiger partial charge in [-0.05, 0) is 48.9 Å². The molecule has 3 rings (SSSR count). The van der Waals surface area contributed by atoms with Crippen LogP contribution in [0.1, 0.15) is 37.8 Å². The number of allylic oxidation sites excluding steroid dienone is 2. The topological polar surface area (TPSA) is 69.2 Å². The van der Waals surface area contributed by atoms with Crippen LogP contribution in [0.4, 0.5) is 5.69 Å². The number of nitrogens with zero attached hydrogens (tertiary/aromatic N) is 1. The van der Waals surface area contributed by atoms with E-state index in [1.165, 1.54) is 11.6 Å². The molecule has 2 aromatic rings. The lowest BCUT2D eigenvalue weighted by molar-refractivity contribution is -0.111. The fourth-order valence-corrected chi connectivity index (χ4v) is 2.93. The zero-order valence-corrected chi connectivity index (χ0v) is 19.3. The molecule has 0 spiro atoms. The summed E-state index contributed by atoms with van der Waals surface area (Å²) < 4.78 is 16.1. The number of amides is 1. The maximum Gasteiger partial charge on any atom is 0.248 e. The minimum Gasteiger partial charge on any atom is -0.496 e. The maximum absolute atomic E-state index is 11.4. The summed E-state index contributed by atoms with van der Waals surface area (Å²) in [6.45, 7) is 11.6. The van der Waals surface area contributed by atoms with E-state index in [1.54, 1.807) is 37.5 Å². The molecule has 1 aliphatic rings. The van der Waals surface area contributed by atoms with Crippen molar-refractivity contribution in [3.63, 3.8) is 0 Å². The third kappa shape index (κ3) is 7.61. The van der Waals surface area contributed by atoms with E-state index in [4.69, 9.17) is 14.2 Å². The monoisotopic (exact) mass is 436 g/mol. The standard InChI is InChI=1S/C13H13NO3.C13H19NO/c1-2-3-4-13(15)14-10-5-6-11-12(9-10)17-8-7-16-11;1-5-14-9-12-8-11(10(2)3)6-7-13(12)15-4/h2-6,9H,1,7-8H2,(H,14,15);5-8,10H,9H2,1-4H3/b4-3+;. The number of rotatable bonds is 7. The lowest BCUT2D eigenvalue weighted by atomic mass is 10.0. The Morgan fingerprint density at radius 1 is 1.19 bits per heavy atom. The Morgan fingerprint density at radius 3 is 2.59 bits per heavy atom. The third-order valence-corrected chi connectivity index (χ3v) is 4.61. The quantitative estimate of drug-likeness (QED) is 0.351. The van der Waals surface area contributed by atoms with Crippen molar-refractivity contribution >= 4 is 17.8 Å². The molecule has 0 aliphatic carbocycles. The van der Waals surface area contributed by atoms with Crippen molar-refractivity contribution in [1.29, 1.82) is 0 Å². The summed E-state index contributed by atoms with van der Waals surface area (Å²) in [5, 5.41) is 2.72. The molecule has 0 saturated carbocycles. The van der Waals surface area contributed by atoms with E-state index < -0.39 is 0 Å². The maximum atomic E-state index is 11.4. The van der Waals surface area contributed by atoms with E-state index in [2.05, 4.69) is 42.9 Å². The van der Waals surface area contributed by atoms with Crippen LogP contribution < -0.4 is 19.5 Å². The lowest BCUT2D eigenvalue weighted by Gasteiger charge is -2.18. The van der Waals surface area contributed by atoms with Crippen LogP contribution in [-0.2, 0) is 11.3 Å². The van der Waals surface area contributed by atoms with Gasteiger partial charge >= 0.3 is 0 Å². The Hall–Kier alpha value is -3.54. The predicted octanol–water partition coefficient (Wildman–Crippen LogP) is 5.55. The molecule has 1 heterocycles. The van der Waals surface area contributed by atoms with Crippen molar-refractivity contribution in [2.24, 2.45) is 4.99 Å². The summed E-state index contributed by atoms with van der Waals surface area (Å²) in [6.07, 6.45) is 6.35. The summed E-state index contributed by atoms with van der Waals surface area (Å²) in [6, 6.07) is 11.6. The molecule has 0 unspecified atom stereocenters. The number of benzene rings is 2. The van der Waals surface area contributed by atoms with Gasteiger partial charge in [0.2, 0.25) is 5.91 Å². The number of carbonyl (C=O) groups is 1. The highest BCUT2D eigenvalue weighted by Gasteiger charge is 2.12. The third-order valence-electron chi connectivity index (χ3n) is 4.61. The Bertz CT molecular complexity index is 964. The number of ether oxygens (including phenoxy) is 3. The average Bonchev–Trinajstić information content (AvgIpc) is 2.81. The number of anilines is 1. The number of nitrogens with one attached hydrogen (secondary N) is 1. The molecule has 1 amide bonds. The second-order valence-corrected chi connectivity index (χ2v) is 7.27. The molecular weight excluding hydrogens is 404 g/mol. The molecule has 170 valence electrons.